The van der Waals surface area contributed by atoms with Gasteiger partial charge in [0.1, 0.15) is 5.58 Å². The molecule has 5 heteroatoms. The van der Waals surface area contributed by atoms with Gasteiger partial charge in [-0.2, -0.15) is 0 Å². The molecule has 7 aromatic carbocycles. The minimum absolute atomic E-state index is 0.00680. The van der Waals surface area contributed by atoms with Gasteiger partial charge in [0.15, 0.2) is 23.1 Å². The maximum Gasteiger partial charge on any atom is 0.164 e. The van der Waals surface area contributed by atoms with Crippen LogP contribution >= 0.6 is 0 Å². The van der Waals surface area contributed by atoms with Gasteiger partial charge in [-0.1, -0.05) is 135 Å². The molecular weight excluding hydrogens is 649 g/mol. The molecule has 0 amide bonds. The molecule has 250 valence electrons. The van der Waals surface area contributed by atoms with E-state index in [1.54, 1.807) is 0 Å². The standard InChI is InChI=1S/C48H32N4O/c1-48(2)38-21-11-9-18-32(38)36-28-42-37(27-39(36)48)33-19-10-12-22-40(33)52(42)41-23-13-20-35-34-25-24-31(26-43(34)53-44(35)41)47-50-45(29-14-5-3-6-15-29)49-46(51-47)30-16-7-4-8-17-30/h3-28H,1-2H3/i9D,10D,18D,19D,21D,22D. The van der Waals surface area contributed by atoms with Crippen LogP contribution in [0.25, 0.3) is 94.7 Å². The van der Waals surface area contributed by atoms with E-state index in [0.717, 1.165) is 38.6 Å². The summed E-state index contributed by atoms with van der Waals surface area (Å²) in [4.78, 5) is 14.7. The van der Waals surface area contributed by atoms with Crippen molar-refractivity contribution in [2.45, 2.75) is 19.3 Å². The molecule has 0 bridgehead atoms. The predicted molar refractivity (Wildman–Crippen MR) is 215 cm³/mol. The summed E-state index contributed by atoms with van der Waals surface area (Å²) < 4.78 is 62.1. The highest BCUT2D eigenvalue weighted by Gasteiger charge is 2.36. The number of rotatable bonds is 4. The van der Waals surface area contributed by atoms with Gasteiger partial charge in [0.2, 0.25) is 0 Å². The van der Waals surface area contributed by atoms with Crippen LogP contribution in [-0.4, -0.2) is 19.5 Å². The Balaban J connectivity index is 1.16. The van der Waals surface area contributed by atoms with Crippen molar-refractivity contribution in [1.82, 2.24) is 19.5 Å². The average molecular weight is 687 g/mol. The van der Waals surface area contributed by atoms with Crippen molar-refractivity contribution < 1.29 is 12.6 Å². The molecule has 0 saturated carbocycles. The Hall–Kier alpha value is -6.85. The molecule has 0 spiro atoms. The van der Waals surface area contributed by atoms with Gasteiger partial charge < -0.3 is 8.98 Å². The molecule has 1 aliphatic rings. The summed E-state index contributed by atoms with van der Waals surface area (Å²) >= 11 is 0. The molecule has 0 fully saturated rings. The fourth-order valence-electron chi connectivity index (χ4n) is 8.00. The number of benzene rings is 7. The molecule has 53 heavy (non-hydrogen) atoms. The molecule has 0 N–H and O–H groups in total. The lowest BCUT2D eigenvalue weighted by Gasteiger charge is -2.21. The summed E-state index contributed by atoms with van der Waals surface area (Å²) in [5, 5.41) is 2.87. The molecule has 1 aliphatic carbocycles. The van der Waals surface area contributed by atoms with Crippen molar-refractivity contribution in [3.05, 3.63) is 169 Å². The number of furan rings is 1. The molecule has 0 aliphatic heterocycles. The van der Waals surface area contributed by atoms with E-state index in [0.29, 0.717) is 67.3 Å². The van der Waals surface area contributed by atoms with Crippen molar-refractivity contribution >= 4 is 43.7 Å². The summed E-state index contributed by atoms with van der Waals surface area (Å²) in [5.74, 6) is 1.60. The number of hydrogen-bond donors (Lipinski definition) is 0. The summed E-state index contributed by atoms with van der Waals surface area (Å²) in [7, 11) is 0. The third kappa shape index (κ3) is 4.40. The second kappa shape index (κ2) is 11.1. The molecule has 3 aromatic heterocycles. The Morgan fingerprint density at radius 2 is 1.23 bits per heavy atom. The van der Waals surface area contributed by atoms with E-state index < -0.39 is 5.41 Å². The Labute approximate surface area is 314 Å². The van der Waals surface area contributed by atoms with Crippen molar-refractivity contribution in [1.29, 1.82) is 0 Å². The van der Waals surface area contributed by atoms with Crippen LogP contribution in [0.2, 0.25) is 0 Å². The van der Waals surface area contributed by atoms with Crippen LogP contribution in [0.15, 0.2) is 162 Å². The number of hydrogen-bond acceptors (Lipinski definition) is 4. The Morgan fingerprint density at radius 1 is 0.528 bits per heavy atom. The molecule has 0 radical (unpaired) electrons. The zero-order valence-corrected chi connectivity index (χ0v) is 28.7. The number of nitrogens with zero attached hydrogens (tertiary/aromatic N) is 4. The first kappa shape index (κ1) is 24.4. The molecule has 11 rings (SSSR count). The van der Waals surface area contributed by atoms with Crippen LogP contribution < -0.4 is 0 Å². The second-order valence-electron chi connectivity index (χ2n) is 14.0. The van der Waals surface area contributed by atoms with Crippen molar-refractivity contribution in [2.75, 3.05) is 0 Å². The first-order chi connectivity index (χ1) is 28.5. The van der Waals surface area contributed by atoms with Crippen LogP contribution in [-0.2, 0) is 5.41 Å². The minimum atomic E-state index is -0.670. The van der Waals surface area contributed by atoms with Crippen LogP contribution in [0.5, 0.6) is 0 Å². The van der Waals surface area contributed by atoms with E-state index in [9.17, 15) is 1.37 Å². The van der Waals surface area contributed by atoms with Gasteiger partial charge in [-0.15, -0.1) is 0 Å². The van der Waals surface area contributed by atoms with E-state index in [-0.39, 0.29) is 36.3 Å². The summed E-state index contributed by atoms with van der Waals surface area (Å²) in [6.45, 7) is 4.03. The predicted octanol–water partition coefficient (Wildman–Crippen LogP) is 12.2. The Bertz CT molecular complexity index is 3370. The van der Waals surface area contributed by atoms with Crippen molar-refractivity contribution in [3.63, 3.8) is 0 Å². The topological polar surface area (TPSA) is 56.7 Å². The van der Waals surface area contributed by atoms with Crippen molar-refractivity contribution in [2.24, 2.45) is 0 Å². The van der Waals surface area contributed by atoms with Gasteiger partial charge in [-0.05, 0) is 58.6 Å². The van der Waals surface area contributed by atoms with Crippen LogP contribution in [0.3, 0.4) is 0 Å². The molecule has 0 atom stereocenters. The maximum absolute atomic E-state index is 9.22. The van der Waals surface area contributed by atoms with Crippen LogP contribution in [0.4, 0.5) is 0 Å². The normalized spacial score (nSPS) is 14.8. The van der Waals surface area contributed by atoms with Crippen LogP contribution in [0.1, 0.15) is 33.2 Å². The maximum atomic E-state index is 9.22. The van der Waals surface area contributed by atoms with Crippen LogP contribution in [0, 0.1) is 0 Å². The number of aromatic nitrogens is 4. The quantitative estimate of drug-likeness (QED) is 0.185. The second-order valence-corrected chi connectivity index (χ2v) is 14.0. The average Bonchev–Trinajstić information content (AvgIpc) is 3.87. The minimum Gasteiger partial charge on any atom is -0.454 e. The van der Waals surface area contributed by atoms with E-state index >= 15 is 0 Å². The van der Waals surface area contributed by atoms with Gasteiger partial charge in [0, 0.05) is 43.7 Å². The van der Waals surface area contributed by atoms with Gasteiger partial charge in [0.05, 0.1) is 24.9 Å². The summed E-state index contributed by atoms with van der Waals surface area (Å²) in [6.07, 6.45) is 0. The molecule has 3 heterocycles. The lowest BCUT2D eigenvalue weighted by atomic mass is 9.82. The fourth-order valence-corrected chi connectivity index (χ4v) is 8.00. The van der Waals surface area contributed by atoms with E-state index in [4.69, 9.17) is 26.2 Å². The molecule has 5 nitrogen and oxygen atoms in total. The highest BCUT2D eigenvalue weighted by molar-refractivity contribution is 6.14. The lowest BCUT2D eigenvalue weighted by Crippen LogP contribution is -2.14. The first-order valence-corrected chi connectivity index (χ1v) is 17.5. The fraction of sp³-hybridized carbons (Fsp3) is 0.0625. The largest absolute Gasteiger partial charge is 0.454 e. The highest BCUT2D eigenvalue weighted by Crippen LogP contribution is 2.51. The zero-order valence-electron chi connectivity index (χ0n) is 34.7. The lowest BCUT2D eigenvalue weighted by molar-refractivity contribution is 0.661. The monoisotopic (exact) mass is 686 g/mol. The van der Waals surface area contributed by atoms with E-state index in [2.05, 4.69) is 0 Å². The third-order valence-corrected chi connectivity index (χ3v) is 10.6. The summed E-state index contributed by atoms with van der Waals surface area (Å²) in [6, 6.07) is 38.5. The van der Waals surface area contributed by atoms with Gasteiger partial charge in [-0.3, -0.25) is 0 Å². The van der Waals surface area contributed by atoms with E-state index in [1.165, 1.54) is 12.1 Å². The third-order valence-electron chi connectivity index (χ3n) is 10.6. The molecular formula is C48H32N4O. The smallest absolute Gasteiger partial charge is 0.164 e. The molecule has 0 saturated heterocycles. The SMILES string of the molecule is [2H]c1cc([2H])c2c(c1[2H])-c1cc3c(cc1C2(C)C)c1c([2H])c([2H])cc([2H])c1n3-c1cccc2c1oc1cc(-c3nc(-c4ccccc4)nc(-c4ccccc4)n3)ccc12. The van der Waals surface area contributed by atoms with Gasteiger partial charge in [-0.25, -0.2) is 15.0 Å². The Kier molecular flexibility index (Phi) is 5.09. The Morgan fingerprint density at radius 3 is 1.98 bits per heavy atom. The first-order valence-electron chi connectivity index (χ1n) is 20.5. The van der Waals surface area contributed by atoms with Crippen molar-refractivity contribution in [3.8, 4) is 51.0 Å². The summed E-state index contributed by atoms with van der Waals surface area (Å²) in [5.41, 5.74) is 7.59. The van der Waals surface area contributed by atoms with Gasteiger partial charge >= 0.3 is 0 Å². The molecule has 10 aromatic rings. The van der Waals surface area contributed by atoms with Gasteiger partial charge in [0.25, 0.3) is 0 Å². The zero-order chi connectivity index (χ0) is 40.5. The van der Waals surface area contributed by atoms with E-state index in [1.807, 2.05) is 128 Å². The highest BCUT2D eigenvalue weighted by atomic mass is 16.3. The number of para-hydroxylation sites is 2. The number of fused-ring (bicyclic) bond motifs is 9. The molecule has 0 unspecified atom stereocenters.